The SMILES string of the molecule is CC(C)CNCc1cc(N(C)CCOC(C)C)ncc1Cl. The molecule has 1 heterocycles. The number of rotatable bonds is 9. The molecule has 4 nitrogen and oxygen atoms in total. The monoisotopic (exact) mass is 313 g/mol. The largest absolute Gasteiger partial charge is 0.377 e. The predicted octanol–water partition coefficient (Wildman–Crippen LogP) is 3.34. The summed E-state index contributed by atoms with van der Waals surface area (Å²) in [6.45, 7) is 11.7. The molecular formula is C16H28ClN3O. The number of pyridine rings is 1. The second-order valence-electron chi connectivity index (χ2n) is 6.00. The van der Waals surface area contributed by atoms with Gasteiger partial charge in [0.25, 0.3) is 0 Å². The van der Waals surface area contributed by atoms with E-state index in [0.717, 1.165) is 31.0 Å². The molecule has 0 saturated carbocycles. The maximum Gasteiger partial charge on any atom is 0.128 e. The molecule has 1 rings (SSSR count). The van der Waals surface area contributed by atoms with E-state index >= 15 is 0 Å². The molecule has 1 aromatic heterocycles. The molecule has 0 spiro atoms. The first-order chi connectivity index (χ1) is 9.90. The highest BCUT2D eigenvalue weighted by Gasteiger charge is 2.08. The van der Waals surface area contributed by atoms with Crippen LogP contribution in [0.4, 0.5) is 5.82 Å². The molecule has 5 heteroatoms. The molecule has 1 N–H and O–H groups in total. The van der Waals surface area contributed by atoms with Gasteiger partial charge in [-0.3, -0.25) is 0 Å². The van der Waals surface area contributed by atoms with Gasteiger partial charge in [-0.05, 0) is 37.9 Å². The molecule has 0 saturated heterocycles. The molecule has 0 bridgehead atoms. The van der Waals surface area contributed by atoms with Crippen molar-refractivity contribution in [3.05, 3.63) is 22.8 Å². The molecule has 0 aliphatic heterocycles. The van der Waals surface area contributed by atoms with E-state index in [1.165, 1.54) is 0 Å². The molecule has 0 amide bonds. The molecule has 0 fully saturated rings. The molecule has 0 aliphatic carbocycles. The van der Waals surface area contributed by atoms with E-state index < -0.39 is 0 Å². The summed E-state index contributed by atoms with van der Waals surface area (Å²) in [5.41, 5.74) is 1.08. The van der Waals surface area contributed by atoms with Gasteiger partial charge in [-0.25, -0.2) is 4.98 Å². The first kappa shape index (κ1) is 18.2. The Labute approximate surface area is 133 Å². The summed E-state index contributed by atoms with van der Waals surface area (Å²) < 4.78 is 5.57. The Morgan fingerprint density at radius 2 is 2.05 bits per heavy atom. The van der Waals surface area contributed by atoms with Crippen molar-refractivity contribution < 1.29 is 4.74 Å². The molecule has 0 aromatic carbocycles. The van der Waals surface area contributed by atoms with Crippen LogP contribution in [0.15, 0.2) is 12.3 Å². The van der Waals surface area contributed by atoms with Crippen LogP contribution in [0.3, 0.4) is 0 Å². The number of hydrogen-bond acceptors (Lipinski definition) is 4. The highest BCUT2D eigenvalue weighted by atomic mass is 35.5. The van der Waals surface area contributed by atoms with Gasteiger partial charge >= 0.3 is 0 Å². The van der Waals surface area contributed by atoms with Crippen LogP contribution in [-0.4, -0.2) is 37.8 Å². The molecule has 1 aromatic rings. The quantitative estimate of drug-likeness (QED) is 0.758. The Hall–Kier alpha value is -0.840. The fourth-order valence-corrected chi connectivity index (χ4v) is 2.02. The van der Waals surface area contributed by atoms with Crippen LogP contribution in [0.1, 0.15) is 33.3 Å². The van der Waals surface area contributed by atoms with Gasteiger partial charge in [-0.1, -0.05) is 25.4 Å². The van der Waals surface area contributed by atoms with Crippen LogP contribution in [0.5, 0.6) is 0 Å². The van der Waals surface area contributed by atoms with Crippen LogP contribution < -0.4 is 10.2 Å². The average Bonchev–Trinajstić information content (AvgIpc) is 2.40. The maximum absolute atomic E-state index is 6.22. The van der Waals surface area contributed by atoms with E-state index in [9.17, 15) is 0 Å². The minimum Gasteiger partial charge on any atom is -0.377 e. The zero-order chi connectivity index (χ0) is 15.8. The topological polar surface area (TPSA) is 37.4 Å². The zero-order valence-corrected chi connectivity index (χ0v) is 14.6. The summed E-state index contributed by atoms with van der Waals surface area (Å²) in [6, 6.07) is 2.05. The maximum atomic E-state index is 6.22. The summed E-state index contributed by atoms with van der Waals surface area (Å²) >= 11 is 6.22. The molecular weight excluding hydrogens is 286 g/mol. The molecule has 120 valence electrons. The molecule has 0 radical (unpaired) electrons. The summed E-state index contributed by atoms with van der Waals surface area (Å²) in [4.78, 5) is 6.48. The van der Waals surface area contributed by atoms with Crippen LogP contribution in [0, 0.1) is 5.92 Å². The molecule has 0 atom stereocenters. The third-order valence-electron chi connectivity index (χ3n) is 3.06. The minimum absolute atomic E-state index is 0.257. The van der Waals surface area contributed by atoms with Crippen LogP contribution in [-0.2, 0) is 11.3 Å². The molecule has 0 unspecified atom stereocenters. The van der Waals surface area contributed by atoms with Crippen molar-refractivity contribution in [3.63, 3.8) is 0 Å². The van der Waals surface area contributed by atoms with Crippen molar-refractivity contribution >= 4 is 17.4 Å². The number of likely N-dealkylation sites (N-methyl/N-ethyl adjacent to an activating group) is 1. The van der Waals surface area contributed by atoms with Gasteiger partial charge in [-0.2, -0.15) is 0 Å². The smallest absolute Gasteiger partial charge is 0.128 e. The molecule has 0 aliphatic rings. The van der Waals surface area contributed by atoms with Crippen LogP contribution >= 0.6 is 11.6 Å². The standard InChI is InChI=1S/C16H28ClN3O/c1-12(2)9-18-10-14-8-16(19-11-15(14)17)20(5)6-7-21-13(3)4/h8,11-13,18H,6-7,9-10H2,1-5H3. The number of halogens is 1. The Balaban J connectivity index is 2.58. The normalized spacial score (nSPS) is 11.4. The van der Waals surface area contributed by atoms with E-state index in [2.05, 4.69) is 29.0 Å². The van der Waals surface area contributed by atoms with Gasteiger partial charge in [0.05, 0.1) is 17.7 Å². The van der Waals surface area contributed by atoms with Crippen molar-refractivity contribution in [1.82, 2.24) is 10.3 Å². The number of nitrogens with zero attached hydrogens (tertiary/aromatic N) is 2. The lowest BCUT2D eigenvalue weighted by molar-refractivity contribution is 0.0845. The van der Waals surface area contributed by atoms with Gasteiger partial charge < -0.3 is 15.0 Å². The van der Waals surface area contributed by atoms with Gasteiger partial charge in [0.15, 0.2) is 0 Å². The fourth-order valence-electron chi connectivity index (χ4n) is 1.85. The van der Waals surface area contributed by atoms with Gasteiger partial charge in [0.2, 0.25) is 0 Å². The second kappa shape index (κ2) is 9.23. The highest BCUT2D eigenvalue weighted by Crippen LogP contribution is 2.19. The Morgan fingerprint density at radius 1 is 1.33 bits per heavy atom. The summed E-state index contributed by atoms with van der Waals surface area (Å²) in [5, 5.41) is 4.12. The fraction of sp³-hybridized carbons (Fsp3) is 0.688. The van der Waals surface area contributed by atoms with Gasteiger partial charge in [0, 0.05) is 26.3 Å². The van der Waals surface area contributed by atoms with E-state index in [4.69, 9.17) is 16.3 Å². The molecule has 21 heavy (non-hydrogen) atoms. The van der Waals surface area contributed by atoms with Crippen molar-refractivity contribution in [3.8, 4) is 0 Å². The lowest BCUT2D eigenvalue weighted by Crippen LogP contribution is -2.25. The van der Waals surface area contributed by atoms with E-state index in [0.29, 0.717) is 17.5 Å². The third kappa shape index (κ3) is 7.11. The Bertz CT molecular complexity index is 424. The first-order valence-electron chi connectivity index (χ1n) is 7.58. The Morgan fingerprint density at radius 3 is 2.67 bits per heavy atom. The van der Waals surface area contributed by atoms with Crippen molar-refractivity contribution in [2.75, 3.05) is 31.6 Å². The second-order valence-corrected chi connectivity index (χ2v) is 6.41. The zero-order valence-electron chi connectivity index (χ0n) is 13.8. The highest BCUT2D eigenvalue weighted by molar-refractivity contribution is 6.31. The number of nitrogens with one attached hydrogen (secondary N) is 1. The predicted molar refractivity (Wildman–Crippen MR) is 90.1 cm³/mol. The summed E-state index contributed by atoms with van der Waals surface area (Å²) in [6.07, 6.45) is 1.98. The Kier molecular flexibility index (Phi) is 8.01. The van der Waals surface area contributed by atoms with E-state index in [1.54, 1.807) is 6.20 Å². The lowest BCUT2D eigenvalue weighted by Gasteiger charge is -2.20. The summed E-state index contributed by atoms with van der Waals surface area (Å²) in [7, 11) is 2.02. The number of aromatic nitrogens is 1. The first-order valence-corrected chi connectivity index (χ1v) is 7.95. The van der Waals surface area contributed by atoms with E-state index in [1.807, 2.05) is 27.0 Å². The number of ether oxygens (including phenoxy) is 1. The van der Waals surface area contributed by atoms with Crippen molar-refractivity contribution in [2.24, 2.45) is 5.92 Å². The van der Waals surface area contributed by atoms with Crippen LogP contribution in [0.25, 0.3) is 0 Å². The van der Waals surface area contributed by atoms with E-state index in [-0.39, 0.29) is 6.10 Å². The van der Waals surface area contributed by atoms with Crippen molar-refractivity contribution in [2.45, 2.75) is 40.3 Å². The number of hydrogen-bond donors (Lipinski definition) is 1. The van der Waals surface area contributed by atoms with Crippen molar-refractivity contribution in [1.29, 1.82) is 0 Å². The van der Waals surface area contributed by atoms with Crippen LogP contribution in [0.2, 0.25) is 5.02 Å². The summed E-state index contributed by atoms with van der Waals surface area (Å²) in [5.74, 6) is 1.55. The minimum atomic E-state index is 0.257. The van der Waals surface area contributed by atoms with Gasteiger partial charge in [0.1, 0.15) is 5.82 Å². The lowest BCUT2D eigenvalue weighted by atomic mass is 10.2. The van der Waals surface area contributed by atoms with Gasteiger partial charge in [-0.15, -0.1) is 0 Å². The average molecular weight is 314 g/mol. The third-order valence-corrected chi connectivity index (χ3v) is 3.40. The number of anilines is 1.